The minimum absolute atomic E-state index is 0. The highest BCUT2D eigenvalue weighted by atomic mass is 79.9. The summed E-state index contributed by atoms with van der Waals surface area (Å²) >= 11 is 0. The molecular weight excluding hydrogens is 310 g/mol. The summed E-state index contributed by atoms with van der Waals surface area (Å²) in [4.78, 5) is 0. The summed E-state index contributed by atoms with van der Waals surface area (Å²) < 4.78 is 0. The Hall–Kier alpha value is 0.440. The van der Waals surface area contributed by atoms with Crippen molar-refractivity contribution in [1.29, 1.82) is 0 Å². The highest BCUT2D eigenvalue weighted by molar-refractivity contribution is 4.49. The summed E-state index contributed by atoms with van der Waals surface area (Å²) in [6.07, 6.45) is 23.4. The number of quaternary nitrogens is 1. The number of hydrogen-bond acceptors (Lipinski definition) is 0. The molecule has 0 bridgehead atoms. The van der Waals surface area contributed by atoms with Gasteiger partial charge in [-0.05, 0) is 0 Å². The van der Waals surface area contributed by atoms with Gasteiger partial charge in [0.25, 0.3) is 0 Å². The first-order valence-electron chi connectivity index (χ1n) is 8.91. The van der Waals surface area contributed by atoms with Gasteiger partial charge in [0.2, 0.25) is 0 Å². The Kier molecular flexibility index (Phi) is 31.1. The van der Waals surface area contributed by atoms with Crippen LogP contribution in [-0.2, 0) is 0 Å². The molecule has 0 aliphatic carbocycles. The Morgan fingerprint density at radius 3 is 0.650 bits per heavy atom. The lowest BCUT2D eigenvalue weighted by atomic mass is 10.0. The van der Waals surface area contributed by atoms with Gasteiger partial charge < -0.3 is 23.1 Å². The Labute approximate surface area is 140 Å². The molecule has 0 saturated heterocycles. The van der Waals surface area contributed by atoms with Crippen LogP contribution in [0.25, 0.3) is 0 Å². The molecule has 2 heteroatoms. The predicted molar refractivity (Wildman–Crippen MR) is 91.2 cm³/mol. The van der Waals surface area contributed by atoms with Crippen LogP contribution in [0, 0.1) is 0 Å². The van der Waals surface area contributed by atoms with E-state index in [4.69, 9.17) is 0 Å². The fourth-order valence-corrected chi connectivity index (χ4v) is 2.62. The molecule has 0 spiro atoms. The van der Waals surface area contributed by atoms with Crippen LogP contribution in [0.4, 0.5) is 0 Å². The van der Waals surface area contributed by atoms with Crippen molar-refractivity contribution in [3.63, 3.8) is 0 Å². The van der Waals surface area contributed by atoms with Crippen LogP contribution in [0.15, 0.2) is 0 Å². The second kappa shape index (κ2) is 24.5. The molecule has 0 unspecified atom stereocenters. The van der Waals surface area contributed by atoms with Crippen molar-refractivity contribution in [2.75, 3.05) is 0 Å². The third kappa shape index (κ3) is 23.5. The molecule has 1 nitrogen and oxygen atoms in total. The zero-order valence-electron chi connectivity index (χ0n) is 14.7. The summed E-state index contributed by atoms with van der Waals surface area (Å²) in [5.41, 5.74) is 0. The highest BCUT2D eigenvalue weighted by Crippen LogP contribution is 2.13. The second-order valence-corrected chi connectivity index (χ2v) is 5.95. The summed E-state index contributed by atoms with van der Waals surface area (Å²) in [6, 6.07) is 0. The number of hydrogen-bond donors (Lipinski definition) is 1. The smallest absolute Gasteiger partial charge is 0.0533 e. The molecule has 0 radical (unpaired) electrons. The molecule has 0 heterocycles. The van der Waals surface area contributed by atoms with Crippen LogP contribution in [0.1, 0.15) is 117 Å². The van der Waals surface area contributed by atoms with Crippen LogP contribution in [0.2, 0.25) is 0 Å². The third-order valence-electron chi connectivity index (χ3n) is 3.96. The molecule has 0 aromatic carbocycles. The number of rotatable bonds is 15. The first-order chi connectivity index (χ1) is 8.91. The van der Waals surface area contributed by atoms with Crippen LogP contribution >= 0.6 is 0 Å². The lowest BCUT2D eigenvalue weighted by Crippen LogP contribution is -3.00. The van der Waals surface area contributed by atoms with E-state index in [0.29, 0.717) is 0 Å². The van der Waals surface area contributed by atoms with Crippen molar-refractivity contribution in [2.45, 2.75) is 117 Å². The zero-order valence-corrected chi connectivity index (χ0v) is 16.3. The van der Waals surface area contributed by atoms with Crippen LogP contribution in [0.3, 0.4) is 0 Å². The van der Waals surface area contributed by atoms with E-state index >= 15 is 0 Å². The first-order valence-corrected chi connectivity index (χ1v) is 8.91. The van der Waals surface area contributed by atoms with Crippen molar-refractivity contribution in [2.24, 2.45) is 0 Å². The van der Waals surface area contributed by atoms with Gasteiger partial charge in [-0.15, -0.1) is 0 Å². The van der Waals surface area contributed by atoms with Crippen LogP contribution in [0.5, 0.6) is 0 Å². The fourth-order valence-electron chi connectivity index (χ4n) is 2.62. The van der Waals surface area contributed by atoms with Gasteiger partial charge in [-0.1, -0.05) is 117 Å². The van der Waals surface area contributed by atoms with E-state index < -0.39 is 0 Å². The van der Waals surface area contributed by atoms with Crippen molar-refractivity contribution >= 4 is 0 Å². The molecule has 0 aliphatic rings. The molecule has 0 saturated carbocycles. The zero-order chi connectivity index (χ0) is 13.3. The van der Waals surface area contributed by atoms with Crippen molar-refractivity contribution in [3.8, 4) is 0 Å². The molecule has 126 valence electrons. The molecule has 0 rings (SSSR count). The predicted octanol–water partition coefficient (Wildman–Crippen LogP) is 4.65. The molecule has 0 aliphatic heterocycles. The van der Waals surface area contributed by atoms with E-state index in [1.807, 2.05) is 0 Å². The topological polar surface area (TPSA) is 36.5 Å². The summed E-state index contributed by atoms with van der Waals surface area (Å²) in [6.45, 7) is 4.59. The Balaban J connectivity index is -0.00000144. The minimum atomic E-state index is 0. The SMILES string of the molecule is CCCCCCCCCCCCCCCCCC.[Br-].[NH4+]. The Morgan fingerprint density at radius 2 is 0.500 bits per heavy atom. The van der Waals surface area contributed by atoms with Crippen LogP contribution < -0.4 is 23.1 Å². The summed E-state index contributed by atoms with van der Waals surface area (Å²) in [7, 11) is 0. The molecule has 0 atom stereocenters. The quantitative estimate of drug-likeness (QED) is 0.417. The van der Waals surface area contributed by atoms with Crippen LogP contribution in [-0.4, -0.2) is 0 Å². The lowest BCUT2D eigenvalue weighted by molar-refractivity contribution is -0.00000460. The number of halogens is 1. The molecule has 0 amide bonds. The maximum Gasteiger partial charge on any atom is -0.0533 e. The molecule has 0 fully saturated rings. The summed E-state index contributed by atoms with van der Waals surface area (Å²) in [5, 5.41) is 0. The maximum absolute atomic E-state index is 2.29. The summed E-state index contributed by atoms with van der Waals surface area (Å²) in [5.74, 6) is 0. The van der Waals surface area contributed by atoms with Crippen molar-refractivity contribution in [1.82, 2.24) is 6.15 Å². The molecule has 20 heavy (non-hydrogen) atoms. The van der Waals surface area contributed by atoms with E-state index in [2.05, 4.69) is 13.8 Å². The first kappa shape index (κ1) is 25.4. The van der Waals surface area contributed by atoms with Gasteiger partial charge in [0.05, 0.1) is 0 Å². The Morgan fingerprint density at radius 1 is 0.350 bits per heavy atom. The van der Waals surface area contributed by atoms with Gasteiger partial charge in [0, 0.05) is 0 Å². The van der Waals surface area contributed by atoms with E-state index in [-0.39, 0.29) is 23.1 Å². The van der Waals surface area contributed by atoms with Gasteiger partial charge >= 0.3 is 0 Å². The highest BCUT2D eigenvalue weighted by Gasteiger charge is 1.93. The second-order valence-electron chi connectivity index (χ2n) is 5.95. The van der Waals surface area contributed by atoms with Crippen molar-refractivity contribution < 1.29 is 17.0 Å². The standard InChI is InChI=1S/C18H38.BrH.H3N/c1-3-5-7-9-11-13-15-17-18-16-14-12-10-8-6-4-2;;/h3-18H2,1-2H3;1H;1H3. The molecular formula is C18H42BrN. The minimum Gasteiger partial charge on any atom is -1.00 e. The average Bonchev–Trinajstić information content (AvgIpc) is 2.39. The largest absolute Gasteiger partial charge is 1.00 e. The van der Waals surface area contributed by atoms with E-state index in [0.717, 1.165) is 0 Å². The van der Waals surface area contributed by atoms with Gasteiger partial charge in [-0.3, -0.25) is 0 Å². The van der Waals surface area contributed by atoms with Gasteiger partial charge in [0.15, 0.2) is 0 Å². The van der Waals surface area contributed by atoms with Gasteiger partial charge in [-0.25, -0.2) is 0 Å². The molecule has 4 N–H and O–H groups in total. The van der Waals surface area contributed by atoms with E-state index in [1.165, 1.54) is 103 Å². The van der Waals surface area contributed by atoms with Gasteiger partial charge in [-0.2, -0.15) is 0 Å². The third-order valence-corrected chi connectivity index (χ3v) is 3.96. The monoisotopic (exact) mass is 351 g/mol. The molecule has 0 aromatic rings. The number of unbranched alkanes of at least 4 members (excludes halogenated alkanes) is 15. The average molecular weight is 352 g/mol. The maximum atomic E-state index is 2.29. The Bertz CT molecular complexity index is 123. The fraction of sp³-hybridized carbons (Fsp3) is 1.00. The van der Waals surface area contributed by atoms with E-state index in [9.17, 15) is 0 Å². The molecule has 0 aromatic heterocycles. The van der Waals surface area contributed by atoms with Crippen molar-refractivity contribution in [3.05, 3.63) is 0 Å². The normalized spacial score (nSPS) is 9.90. The lowest BCUT2D eigenvalue weighted by Gasteiger charge is -2.03. The van der Waals surface area contributed by atoms with E-state index in [1.54, 1.807) is 0 Å². The van der Waals surface area contributed by atoms with Gasteiger partial charge in [0.1, 0.15) is 0 Å².